The van der Waals surface area contributed by atoms with Gasteiger partial charge in [-0.3, -0.25) is 0 Å². The van der Waals surface area contributed by atoms with E-state index >= 15 is 0 Å². The lowest BCUT2D eigenvalue weighted by atomic mass is 9.88. The van der Waals surface area contributed by atoms with Gasteiger partial charge in [-0.05, 0) is 24.8 Å². The summed E-state index contributed by atoms with van der Waals surface area (Å²) in [6, 6.07) is 2.51. The van der Waals surface area contributed by atoms with Crippen LogP contribution in [-0.2, 0) is 6.42 Å². The van der Waals surface area contributed by atoms with Gasteiger partial charge in [0, 0.05) is 42.4 Å². The van der Waals surface area contributed by atoms with Crippen LogP contribution in [0.1, 0.15) is 51.6 Å². The van der Waals surface area contributed by atoms with Crippen molar-refractivity contribution in [2.45, 2.75) is 64.6 Å². The normalized spacial score (nSPS) is 28.7. The van der Waals surface area contributed by atoms with Gasteiger partial charge in [0.25, 0.3) is 0 Å². The number of hydrogen-bond acceptors (Lipinski definition) is 5. The molecule has 4 unspecified atom stereocenters. The van der Waals surface area contributed by atoms with Crippen LogP contribution in [0.4, 0.5) is 0 Å². The molecule has 124 valence electrons. The first-order chi connectivity index (χ1) is 10.4. The predicted octanol–water partition coefficient (Wildman–Crippen LogP) is 1.50. The lowest BCUT2D eigenvalue weighted by molar-refractivity contribution is 0.0715. The van der Waals surface area contributed by atoms with E-state index in [4.69, 9.17) is 0 Å². The highest BCUT2D eigenvalue weighted by molar-refractivity contribution is 5.09. The largest absolute Gasteiger partial charge is 0.396 e. The highest BCUT2D eigenvalue weighted by Gasteiger charge is 2.42. The molecule has 0 amide bonds. The molecule has 4 atom stereocenters. The smallest absolute Gasteiger partial charge is 0.131 e. The van der Waals surface area contributed by atoms with Crippen LogP contribution in [0.15, 0.2) is 12.3 Å². The summed E-state index contributed by atoms with van der Waals surface area (Å²) in [5.74, 6) is 1.25. The van der Waals surface area contributed by atoms with Gasteiger partial charge < -0.3 is 15.5 Å². The van der Waals surface area contributed by atoms with Crippen LogP contribution in [0.5, 0.6) is 0 Å². The Morgan fingerprint density at radius 3 is 2.59 bits per heavy atom. The first kappa shape index (κ1) is 17.3. The van der Waals surface area contributed by atoms with Crippen molar-refractivity contribution in [3.8, 4) is 0 Å². The summed E-state index contributed by atoms with van der Waals surface area (Å²) >= 11 is 0. The summed E-state index contributed by atoms with van der Waals surface area (Å²) in [6.07, 6.45) is 2.81. The zero-order valence-electron chi connectivity index (χ0n) is 14.0. The molecule has 0 saturated heterocycles. The summed E-state index contributed by atoms with van der Waals surface area (Å²) < 4.78 is 0. The van der Waals surface area contributed by atoms with Crippen LogP contribution in [-0.4, -0.2) is 45.0 Å². The Labute approximate surface area is 133 Å². The van der Waals surface area contributed by atoms with E-state index < -0.39 is 6.10 Å². The molecule has 1 fully saturated rings. The molecule has 2 rings (SSSR count). The molecule has 0 aliphatic heterocycles. The summed E-state index contributed by atoms with van der Waals surface area (Å²) in [5, 5.41) is 23.4. The summed E-state index contributed by atoms with van der Waals surface area (Å²) in [7, 11) is 0. The second kappa shape index (κ2) is 7.49. The zero-order valence-corrected chi connectivity index (χ0v) is 14.0. The Morgan fingerprint density at radius 2 is 2.00 bits per heavy atom. The number of aromatic nitrogens is 2. The van der Waals surface area contributed by atoms with E-state index in [-0.39, 0.29) is 24.5 Å². The fraction of sp³-hybridized carbons (Fsp3) is 0.765. The van der Waals surface area contributed by atoms with E-state index in [2.05, 4.69) is 43.0 Å². The van der Waals surface area contributed by atoms with Gasteiger partial charge in [0.2, 0.25) is 0 Å². The van der Waals surface area contributed by atoms with Crippen LogP contribution in [0.3, 0.4) is 0 Å². The maximum Gasteiger partial charge on any atom is 0.131 e. The van der Waals surface area contributed by atoms with Crippen molar-refractivity contribution >= 4 is 0 Å². The number of nitrogens with one attached hydrogen (secondary N) is 1. The summed E-state index contributed by atoms with van der Waals surface area (Å²) in [4.78, 5) is 8.95. The van der Waals surface area contributed by atoms with Crippen LogP contribution >= 0.6 is 0 Å². The van der Waals surface area contributed by atoms with Gasteiger partial charge in [0.05, 0.1) is 6.10 Å². The van der Waals surface area contributed by atoms with Gasteiger partial charge in [-0.2, -0.15) is 0 Å². The summed E-state index contributed by atoms with van der Waals surface area (Å²) in [6.45, 7) is 8.40. The Balaban J connectivity index is 2.17. The summed E-state index contributed by atoms with van der Waals surface area (Å²) in [5.41, 5.74) is 0.992. The number of aliphatic hydroxyl groups is 2. The van der Waals surface area contributed by atoms with Gasteiger partial charge in [0.15, 0.2) is 0 Å². The fourth-order valence-corrected chi connectivity index (χ4v) is 3.41. The number of hydrogen-bond donors (Lipinski definition) is 3. The Kier molecular flexibility index (Phi) is 5.89. The quantitative estimate of drug-likeness (QED) is 0.742. The van der Waals surface area contributed by atoms with Crippen molar-refractivity contribution in [1.82, 2.24) is 15.3 Å². The molecular formula is C17H29N3O2. The van der Waals surface area contributed by atoms with Crippen molar-refractivity contribution in [1.29, 1.82) is 0 Å². The van der Waals surface area contributed by atoms with Gasteiger partial charge in [-0.25, -0.2) is 9.97 Å². The molecule has 1 aromatic heterocycles. The Bertz CT molecular complexity index is 479. The van der Waals surface area contributed by atoms with E-state index in [9.17, 15) is 10.2 Å². The molecule has 1 aromatic rings. The molecule has 0 radical (unpaired) electrons. The molecule has 5 heteroatoms. The third kappa shape index (κ3) is 4.03. The first-order valence-corrected chi connectivity index (χ1v) is 8.29. The fourth-order valence-electron chi connectivity index (χ4n) is 3.41. The van der Waals surface area contributed by atoms with E-state index in [1.54, 1.807) is 0 Å². The van der Waals surface area contributed by atoms with Crippen LogP contribution in [0, 0.1) is 11.8 Å². The molecule has 0 spiro atoms. The van der Waals surface area contributed by atoms with Crippen molar-refractivity contribution in [2.24, 2.45) is 11.8 Å². The first-order valence-electron chi connectivity index (χ1n) is 8.29. The molecule has 1 aliphatic rings. The monoisotopic (exact) mass is 307 g/mol. The predicted molar refractivity (Wildman–Crippen MR) is 86.6 cm³/mol. The average molecular weight is 307 g/mol. The molecule has 1 heterocycles. The minimum Gasteiger partial charge on any atom is -0.396 e. The molecule has 3 N–H and O–H groups in total. The molecule has 1 aliphatic carbocycles. The van der Waals surface area contributed by atoms with Crippen LogP contribution < -0.4 is 5.32 Å². The molecular weight excluding hydrogens is 278 g/mol. The SMILES string of the molecule is CC(C)NC1CC(O)C(CO)C1Cc1ccnc(C(C)C)n1. The van der Waals surface area contributed by atoms with Crippen LogP contribution in [0.2, 0.25) is 0 Å². The van der Waals surface area contributed by atoms with Crippen molar-refractivity contribution in [3.63, 3.8) is 0 Å². The number of rotatable bonds is 6. The lowest BCUT2D eigenvalue weighted by Crippen LogP contribution is -2.40. The van der Waals surface area contributed by atoms with E-state index in [1.807, 2.05) is 12.3 Å². The topological polar surface area (TPSA) is 78.3 Å². The van der Waals surface area contributed by atoms with Gasteiger partial charge in [-0.1, -0.05) is 27.7 Å². The maximum absolute atomic E-state index is 10.2. The average Bonchev–Trinajstić information content (AvgIpc) is 2.73. The van der Waals surface area contributed by atoms with E-state index in [0.29, 0.717) is 18.4 Å². The Morgan fingerprint density at radius 1 is 1.27 bits per heavy atom. The Hall–Kier alpha value is -1.04. The third-order valence-corrected chi connectivity index (χ3v) is 4.51. The third-order valence-electron chi connectivity index (χ3n) is 4.51. The molecule has 0 bridgehead atoms. The second-order valence-corrected chi connectivity index (χ2v) is 7.01. The van der Waals surface area contributed by atoms with Crippen LogP contribution in [0.25, 0.3) is 0 Å². The molecule has 1 saturated carbocycles. The minimum absolute atomic E-state index is 0.0181. The molecule has 0 aromatic carbocycles. The number of aliphatic hydroxyl groups excluding tert-OH is 2. The van der Waals surface area contributed by atoms with E-state index in [0.717, 1.165) is 17.9 Å². The maximum atomic E-state index is 10.2. The zero-order chi connectivity index (χ0) is 16.3. The van der Waals surface area contributed by atoms with E-state index in [1.165, 1.54) is 0 Å². The van der Waals surface area contributed by atoms with Gasteiger partial charge in [-0.15, -0.1) is 0 Å². The second-order valence-electron chi connectivity index (χ2n) is 7.01. The molecule has 5 nitrogen and oxygen atoms in total. The van der Waals surface area contributed by atoms with Gasteiger partial charge in [0.1, 0.15) is 5.82 Å². The number of nitrogens with zero attached hydrogens (tertiary/aromatic N) is 2. The van der Waals surface area contributed by atoms with Crippen molar-refractivity contribution < 1.29 is 10.2 Å². The lowest BCUT2D eigenvalue weighted by Gasteiger charge is -2.26. The van der Waals surface area contributed by atoms with Crippen molar-refractivity contribution in [2.75, 3.05) is 6.61 Å². The van der Waals surface area contributed by atoms with Gasteiger partial charge >= 0.3 is 0 Å². The standard InChI is InChI=1S/C17H29N3O2/c1-10(2)17-18-6-5-12(20-17)7-13-14(9-21)16(22)8-15(13)19-11(3)4/h5-6,10-11,13-16,19,21-22H,7-9H2,1-4H3. The highest BCUT2D eigenvalue weighted by Crippen LogP contribution is 2.35. The van der Waals surface area contributed by atoms with Crippen molar-refractivity contribution in [3.05, 3.63) is 23.8 Å². The highest BCUT2D eigenvalue weighted by atomic mass is 16.3. The molecule has 22 heavy (non-hydrogen) atoms. The minimum atomic E-state index is -0.447.